The van der Waals surface area contributed by atoms with Crippen LogP contribution in [0.5, 0.6) is 0 Å². The van der Waals surface area contributed by atoms with Crippen LogP contribution in [0.2, 0.25) is 0 Å². The van der Waals surface area contributed by atoms with Gasteiger partial charge in [0.1, 0.15) is 0 Å². The van der Waals surface area contributed by atoms with Crippen LogP contribution < -0.4 is 10.6 Å². The summed E-state index contributed by atoms with van der Waals surface area (Å²) in [7, 11) is 2.02. The molecule has 3 unspecified atom stereocenters. The molecule has 1 amide bonds. The lowest BCUT2D eigenvalue weighted by Crippen LogP contribution is -2.55. The van der Waals surface area contributed by atoms with Gasteiger partial charge in [0, 0.05) is 18.1 Å². The van der Waals surface area contributed by atoms with Crippen molar-refractivity contribution in [3.05, 3.63) is 0 Å². The van der Waals surface area contributed by atoms with Crippen LogP contribution in [-0.2, 0) is 4.79 Å². The van der Waals surface area contributed by atoms with Crippen molar-refractivity contribution >= 4 is 5.91 Å². The molecule has 1 aliphatic heterocycles. The highest BCUT2D eigenvalue weighted by atomic mass is 16.2. The average Bonchev–Trinajstić information content (AvgIpc) is 2.45. The molecule has 0 bridgehead atoms. The second kappa shape index (κ2) is 7.41. The fourth-order valence-electron chi connectivity index (χ4n) is 2.73. The van der Waals surface area contributed by atoms with Gasteiger partial charge in [-0.1, -0.05) is 6.92 Å². The van der Waals surface area contributed by atoms with Gasteiger partial charge in [-0.15, -0.1) is 0 Å². The number of amides is 1. The number of nitrogens with one attached hydrogen (secondary N) is 2. The minimum Gasteiger partial charge on any atom is -0.350 e. The van der Waals surface area contributed by atoms with E-state index in [-0.39, 0.29) is 17.5 Å². The normalized spacial score (nSPS) is 24.2. The zero-order chi connectivity index (χ0) is 15.3. The third-order valence-corrected chi connectivity index (χ3v) is 4.92. The van der Waals surface area contributed by atoms with Crippen molar-refractivity contribution in [1.29, 1.82) is 0 Å². The van der Waals surface area contributed by atoms with E-state index in [1.165, 1.54) is 12.8 Å². The Labute approximate surface area is 124 Å². The summed E-state index contributed by atoms with van der Waals surface area (Å²) >= 11 is 0. The average molecular weight is 283 g/mol. The van der Waals surface area contributed by atoms with Crippen LogP contribution in [0.25, 0.3) is 0 Å². The predicted octanol–water partition coefficient (Wildman–Crippen LogP) is 2.00. The molecular formula is C16H33N3O. The first-order chi connectivity index (χ1) is 9.30. The molecule has 0 aromatic heterocycles. The van der Waals surface area contributed by atoms with Crippen LogP contribution in [0.15, 0.2) is 0 Å². The highest BCUT2D eigenvalue weighted by Crippen LogP contribution is 2.21. The fourth-order valence-corrected chi connectivity index (χ4v) is 2.73. The SMILES string of the molecule is CCC(C)(C)NC(=O)C(C)N1CCCC(C(C)NC)C1. The van der Waals surface area contributed by atoms with Gasteiger partial charge in [0.15, 0.2) is 0 Å². The molecule has 4 heteroatoms. The smallest absolute Gasteiger partial charge is 0.237 e. The molecule has 0 radical (unpaired) electrons. The molecule has 1 fully saturated rings. The quantitative estimate of drug-likeness (QED) is 0.783. The maximum Gasteiger partial charge on any atom is 0.237 e. The Morgan fingerprint density at radius 2 is 2.05 bits per heavy atom. The van der Waals surface area contributed by atoms with Crippen LogP contribution in [0, 0.1) is 5.92 Å². The van der Waals surface area contributed by atoms with Crippen molar-refractivity contribution in [2.45, 2.75) is 71.5 Å². The first-order valence-electron chi connectivity index (χ1n) is 8.04. The highest BCUT2D eigenvalue weighted by molar-refractivity contribution is 5.82. The topological polar surface area (TPSA) is 44.4 Å². The van der Waals surface area contributed by atoms with E-state index in [1.807, 2.05) is 14.0 Å². The van der Waals surface area contributed by atoms with Gasteiger partial charge < -0.3 is 10.6 Å². The summed E-state index contributed by atoms with van der Waals surface area (Å²) in [6.45, 7) is 12.6. The predicted molar refractivity (Wildman–Crippen MR) is 84.8 cm³/mol. The Kier molecular flexibility index (Phi) is 6.46. The molecule has 0 aromatic rings. The van der Waals surface area contributed by atoms with E-state index in [2.05, 4.69) is 43.2 Å². The van der Waals surface area contributed by atoms with Gasteiger partial charge in [0.2, 0.25) is 5.91 Å². The van der Waals surface area contributed by atoms with Gasteiger partial charge in [-0.25, -0.2) is 0 Å². The zero-order valence-electron chi connectivity index (χ0n) is 14.1. The van der Waals surface area contributed by atoms with E-state index in [1.54, 1.807) is 0 Å². The number of carbonyl (C=O) groups is 1. The molecule has 0 spiro atoms. The lowest BCUT2D eigenvalue weighted by Gasteiger charge is -2.39. The van der Waals surface area contributed by atoms with Crippen LogP contribution >= 0.6 is 0 Å². The molecule has 1 saturated heterocycles. The number of nitrogens with zero attached hydrogens (tertiary/aromatic N) is 1. The Hall–Kier alpha value is -0.610. The van der Waals surface area contributed by atoms with E-state index in [0.29, 0.717) is 12.0 Å². The fraction of sp³-hybridized carbons (Fsp3) is 0.938. The van der Waals surface area contributed by atoms with Crippen molar-refractivity contribution in [2.24, 2.45) is 5.92 Å². The molecule has 0 aromatic carbocycles. The third-order valence-electron chi connectivity index (χ3n) is 4.92. The molecule has 1 heterocycles. The molecule has 20 heavy (non-hydrogen) atoms. The summed E-state index contributed by atoms with van der Waals surface area (Å²) in [5.74, 6) is 0.804. The Morgan fingerprint density at radius 3 is 2.60 bits per heavy atom. The van der Waals surface area contributed by atoms with E-state index < -0.39 is 0 Å². The van der Waals surface area contributed by atoms with Crippen molar-refractivity contribution < 1.29 is 4.79 Å². The maximum absolute atomic E-state index is 12.4. The summed E-state index contributed by atoms with van der Waals surface area (Å²) < 4.78 is 0. The molecule has 0 aliphatic carbocycles. The molecule has 1 aliphatic rings. The van der Waals surface area contributed by atoms with Crippen molar-refractivity contribution in [1.82, 2.24) is 15.5 Å². The number of hydrogen-bond acceptors (Lipinski definition) is 3. The van der Waals surface area contributed by atoms with Gasteiger partial charge in [-0.2, -0.15) is 0 Å². The molecule has 118 valence electrons. The van der Waals surface area contributed by atoms with Crippen molar-refractivity contribution in [3.63, 3.8) is 0 Å². The van der Waals surface area contributed by atoms with Crippen molar-refractivity contribution in [3.8, 4) is 0 Å². The summed E-state index contributed by atoms with van der Waals surface area (Å²) in [5.41, 5.74) is -0.112. The molecule has 0 saturated carbocycles. The Bertz CT molecular complexity index is 317. The number of carbonyl (C=O) groups excluding carboxylic acids is 1. The van der Waals surface area contributed by atoms with E-state index in [0.717, 1.165) is 19.5 Å². The van der Waals surface area contributed by atoms with Crippen LogP contribution in [0.4, 0.5) is 0 Å². The van der Waals surface area contributed by atoms with E-state index >= 15 is 0 Å². The lowest BCUT2D eigenvalue weighted by atomic mass is 9.90. The second-order valence-corrected chi connectivity index (χ2v) is 6.88. The minimum atomic E-state index is -0.112. The molecule has 1 rings (SSSR count). The minimum absolute atomic E-state index is 0.0346. The summed E-state index contributed by atoms with van der Waals surface area (Å²) in [4.78, 5) is 14.7. The van der Waals surface area contributed by atoms with Gasteiger partial charge in [0.05, 0.1) is 6.04 Å². The van der Waals surface area contributed by atoms with Crippen LogP contribution in [-0.4, -0.2) is 48.6 Å². The number of piperidine rings is 1. The van der Waals surface area contributed by atoms with Crippen LogP contribution in [0.1, 0.15) is 53.9 Å². The third kappa shape index (κ3) is 4.74. The largest absolute Gasteiger partial charge is 0.350 e. The Morgan fingerprint density at radius 1 is 1.40 bits per heavy atom. The maximum atomic E-state index is 12.4. The Balaban J connectivity index is 2.58. The van der Waals surface area contributed by atoms with Gasteiger partial charge in [-0.05, 0) is 66.5 Å². The highest BCUT2D eigenvalue weighted by Gasteiger charge is 2.31. The first-order valence-corrected chi connectivity index (χ1v) is 8.04. The summed E-state index contributed by atoms with van der Waals surface area (Å²) in [6, 6.07) is 0.479. The van der Waals surface area contributed by atoms with Crippen LogP contribution in [0.3, 0.4) is 0 Å². The van der Waals surface area contributed by atoms with Crippen molar-refractivity contribution in [2.75, 3.05) is 20.1 Å². The molecule has 2 N–H and O–H groups in total. The van der Waals surface area contributed by atoms with E-state index in [9.17, 15) is 4.79 Å². The molecule has 4 nitrogen and oxygen atoms in total. The first kappa shape index (κ1) is 17.4. The lowest BCUT2D eigenvalue weighted by molar-refractivity contribution is -0.128. The molecule has 3 atom stereocenters. The second-order valence-electron chi connectivity index (χ2n) is 6.88. The van der Waals surface area contributed by atoms with E-state index in [4.69, 9.17) is 0 Å². The number of hydrogen-bond donors (Lipinski definition) is 2. The standard InChI is InChI=1S/C16H33N3O/c1-7-16(4,5)18-15(20)13(3)19-10-8-9-14(11-19)12(2)17-6/h12-14,17H,7-11H2,1-6H3,(H,18,20). The number of likely N-dealkylation sites (tertiary alicyclic amines) is 1. The molecular weight excluding hydrogens is 250 g/mol. The monoisotopic (exact) mass is 283 g/mol. The van der Waals surface area contributed by atoms with Gasteiger partial charge in [-0.3, -0.25) is 9.69 Å². The summed E-state index contributed by atoms with van der Waals surface area (Å²) in [6.07, 6.45) is 3.39. The number of rotatable bonds is 6. The summed E-state index contributed by atoms with van der Waals surface area (Å²) in [5, 5.41) is 6.51. The van der Waals surface area contributed by atoms with Gasteiger partial charge in [0.25, 0.3) is 0 Å². The zero-order valence-corrected chi connectivity index (χ0v) is 14.1. The van der Waals surface area contributed by atoms with Gasteiger partial charge >= 0.3 is 0 Å².